The van der Waals surface area contributed by atoms with Gasteiger partial charge in [-0.3, -0.25) is 4.68 Å². The van der Waals surface area contributed by atoms with E-state index in [-0.39, 0.29) is 5.60 Å². The van der Waals surface area contributed by atoms with Crippen LogP contribution < -0.4 is 10.6 Å². The monoisotopic (exact) mass is 394 g/mol. The van der Waals surface area contributed by atoms with E-state index in [4.69, 9.17) is 14.7 Å². The molecular weight excluding hydrogens is 364 g/mol. The Balaban J connectivity index is 1.38. The number of anilines is 2. The zero-order chi connectivity index (χ0) is 20.3. The number of nitrogens with one attached hydrogen (secondary N) is 2. The van der Waals surface area contributed by atoms with Crippen molar-refractivity contribution in [2.24, 2.45) is 5.92 Å². The van der Waals surface area contributed by atoms with Crippen molar-refractivity contribution in [3.63, 3.8) is 0 Å². The Kier molecular flexibility index (Phi) is 5.67. The number of aromatic nitrogens is 4. The van der Waals surface area contributed by atoms with E-state index in [1.165, 1.54) is 0 Å². The molecular formula is C22H30N6O. The molecule has 1 fully saturated rings. The highest BCUT2D eigenvalue weighted by molar-refractivity contribution is 5.90. The molecule has 0 bridgehead atoms. The van der Waals surface area contributed by atoms with Gasteiger partial charge in [0.15, 0.2) is 0 Å². The molecule has 4 rings (SSSR count). The van der Waals surface area contributed by atoms with Gasteiger partial charge >= 0.3 is 0 Å². The molecule has 29 heavy (non-hydrogen) atoms. The molecule has 0 amide bonds. The van der Waals surface area contributed by atoms with E-state index >= 15 is 0 Å². The number of para-hydroxylation sites is 1. The van der Waals surface area contributed by atoms with E-state index in [9.17, 15) is 0 Å². The van der Waals surface area contributed by atoms with Gasteiger partial charge in [-0.25, -0.2) is 4.98 Å². The molecule has 1 aliphatic rings. The van der Waals surface area contributed by atoms with Gasteiger partial charge in [0.1, 0.15) is 5.82 Å². The fourth-order valence-corrected chi connectivity index (χ4v) is 3.66. The highest BCUT2D eigenvalue weighted by Crippen LogP contribution is 2.31. The molecule has 2 N–H and O–H groups in total. The van der Waals surface area contributed by atoms with E-state index in [1.54, 1.807) is 0 Å². The van der Waals surface area contributed by atoms with Gasteiger partial charge < -0.3 is 15.4 Å². The molecule has 1 aliphatic carbocycles. The molecule has 2 heterocycles. The van der Waals surface area contributed by atoms with Crippen LogP contribution in [0.25, 0.3) is 10.9 Å². The maximum absolute atomic E-state index is 5.81. The zero-order valence-electron chi connectivity index (χ0n) is 17.4. The van der Waals surface area contributed by atoms with Gasteiger partial charge in [0.05, 0.1) is 17.7 Å². The Hall–Kier alpha value is -2.67. The number of hydrogen-bond acceptors (Lipinski definition) is 6. The predicted molar refractivity (Wildman–Crippen MR) is 116 cm³/mol. The Bertz CT molecular complexity index is 928. The van der Waals surface area contributed by atoms with E-state index in [0.29, 0.717) is 31.1 Å². The maximum atomic E-state index is 5.81. The van der Waals surface area contributed by atoms with Crippen LogP contribution in [0, 0.1) is 5.92 Å². The zero-order valence-corrected chi connectivity index (χ0v) is 17.4. The summed E-state index contributed by atoms with van der Waals surface area (Å²) in [7, 11) is 0. The van der Waals surface area contributed by atoms with Crippen LogP contribution in [-0.4, -0.2) is 44.5 Å². The molecule has 2 aromatic heterocycles. The topological polar surface area (TPSA) is 76.9 Å². The largest absolute Gasteiger partial charge is 0.374 e. The van der Waals surface area contributed by atoms with E-state index < -0.39 is 0 Å². The minimum atomic E-state index is -0.140. The van der Waals surface area contributed by atoms with Crippen molar-refractivity contribution in [3.8, 4) is 0 Å². The molecule has 0 aliphatic heterocycles. The minimum Gasteiger partial charge on any atom is -0.374 e. The standard InChI is InChI=1S/C22H30N6O/c1-22(2,3)29-12-10-23-20-18-7-4-5-8-19(18)26-21(27-20)25-17-13-16(14-17)15-28-11-6-9-24-28/h4-9,11,16-17H,10,12-15H2,1-3H3,(H2,23,25,26,27). The van der Waals surface area contributed by atoms with Gasteiger partial charge in [0, 0.05) is 36.9 Å². The van der Waals surface area contributed by atoms with Crippen molar-refractivity contribution in [2.45, 2.75) is 51.8 Å². The molecule has 7 heteroatoms. The third-order valence-electron chi connectivity index (χ3n) is 5.11. The summed E-state index contributed by atoms with van der Waals surface area (Å²) in [6.07, 6.45) is 6.07. The third-order valence-corrected chi connectivity index (χ3v) is 5.11. The van der Waals surface area contributed by atoms with Crippen LogP contribution in [0.5, 0.6) is 0 Å². The van der Waals surface area contributed by atoms with Gasteiger partial charge in [0.25, 0.3) is 0 Å². The molecule has 154 valence electrons. The second-order valence-corrected chi connectivity index (χ2v) is 8.71. The SMILES string of the molecule is CC(C)(C)OCCNc1nc(NC2CC(Cn3cccn3)C2)nc2ccccc12. The van der Waals surface area contributed by atoms with Crippen molar-refractivity contribution < 1.29 is 4.74 Å². The Labute approximate surface area is 171 Å². The van der Waals surface area contributed by atoms with Gasteiger partial charge in [-0.2, -0.15) is 10.1 Å². The average Bonchev–Trinajstić information content (AvgIpc) is 3.16. The summed E-state index contributed by atoms with van der Waals surface area (Å²) in [5.74, 6) is 2.19. The maximum Gasteiger partial charge on any atom is 0.225 e. The van der Waals surface area contributed by atoms with Gasteiger partial charge in [-0.1, -0.05) is 12.1 Å². The van der Waals surface area contributed by atoms with Crippen LogP contribution in [0.15, 0.2) is 42.7 Å². The summed E-state index contributed by atoms with van der Waals surface area (Å²) < 4.78 is 7.82. The summed E-state index contributed by atoms with van der Waals surface area (Å²) in [6.45, 7) is 8.49. The first-order valence-corrected chi connectivity index (χ1v) is 10.3. The fourth-order valence-electron chi connectivity index (χ4n) is 3.66. The summed E-state index contributed by atoms with van der Waals surface area (Å²) in [4.78, 5) is 9.47. The summed E-state index contributed by atoms with van der Waals surface area (Å²) >= 11 is 0. The quantitative estimate of drug-likeness (QED) is 0.564. The first-order chi connectivity index (χ1) is 14.0. The highest BCUT2D eigenvalue weighted by Gasteiger charge is 2.30. The van der Waals surface area contributed by atoms with Gasteiger partial charge in [0.2, 0.25) is 5.95 Å². The molecule has 1 saturated carbocycles. The van der Waals surface area contributed by atoms with Crippen molar-refractivity contribution in [1.82, 2.24) is 19.7 Å². The number of ether oxygens (including phenoxy) is 1. The van der Waals surface area contributed by atoms with Crippen LogP contribution in [0.3, 0.4) is 0 Å². The van der Waals surface area contributed by atoms with Gasteiger partial charge in [-0.05, 0) is 57.7 Å². The predicted octanol–water partition coefficient (Wildman–Crippen LogP) is 3.94. The summed E-state index contributed by atoms with van der Waals surface area (Å²) in [5, 5.41) is 12.3. The van der Waals surface area contributed by atoms with Crippen LogP contribution in [-0.2, 0) is 11.3 Å². The van der Waals surface area contributed by atoms with E-state index in [0.717, 1.165) is 36.1 Å². The molecule has 0 spiro atoms. The van der Waals surface area contributed by atoms with Crippen molar-refractivity contribution >= 4 is 22.7 Å². The molecule has 0 radical (unpaired) electrons. The first-order valence-electron chi connectivity index (χ1n) is 10.3. The lowest BCUT2D eigenvalue weighted by molar-refractivity contribution is 0.00332. The lowest BCUT2D eigenvalue weighted by Gasteiger charge is -2.35. The molecule has 0 saturated heterocycles. The van der Waals surface area contributed by atoms with Gasteiger partial charge in [-0.15, -0.1) is 0 Å². The number of hydrogen-bond donors (Lipinski definition) is 2. The number of fused-ring (bicyclic) bond motifs is 1. The number of benzene rings is 1. The van der Waals surface area contributed by atoms with Crippen molar-refractivity contribution in [2.75, 3.05) is 23.8 Å². The Morgan fingerprint density at radius 2 is 1.97 bits per heavy atom. The third kappa shape index (κ3) is 5.23. The molecule has 7 nitrogen and oxygen atoms in total. The van der Waals surface area contributed by atoms with Crippen LogP contribution in [0.1, 0.15) is 33.6 Å². The molecule has 0 atom stereocenters. The van der Waals surface area contributed by atoms with Crippen molar-refractivity contribution in [3.05, 3.63) is 42.7 Å². The second kappa shape index (κ2) is 8.37. The number of rotatable bonds is 8. The second-order valence-electron chi connectivity index (χ2n) is 8.71. The normalized spacial score (nSPS) is 19.1. The van der Waals surface area contributed by atoms with E-state index in [2.05, 4.69) is 42.6 Å². The smallest absolute Gasteiger partial charge is 0.225 e. The Morgan fingerprint density at radius 3 is 2.72 bits per heavy atom. The van der Waals surface area contributed by atoms with Crippen LogP contribution >= 0.6 is 0 Å². The molecule has 1 aromatic carbocycles. The first kappa shape index (κ1) is 19.6. The lowest BCUT2D eigenvalue weighted by atomic mass is 9.80. The van der Waals surface area contributed by atoms with Crippen LogP contribution in [0.2, 0.25) is 0 Å². The average molecular weight is 395 g/mol. The minimum absolute atomic E-state index is 0.140. The Morgan fingerprint density at radius 1 is 1.14 bits per heavy atom. The molecule has 0 unspecified atom stereocenters. The van der Waals surface area contributed by atoms with E-state index in [1.807, 2.05) is 41.3 Å². The highest BCUT2D eigenvalue weighted by atomic mass is 16.5. The lowest BCUT2D eigenvalue weighted by Crippen LogP contribution is -2.38. The number of nitrogens with zero attached hydrogens (tertiary/aromatic N) is 4. The summed E-state index contributed by atoms with van der Waals surface area (Å²) in [6, 6.07) is 10.5. The fraction of sp³-hybridized carbons (Fsp3) is 0.500. The molecule has 3 aromatic rings. The van der Waals surface area contributed by atoms with Crippen LogP contribution in [0.4, 0.5) is 11.8 Å². The summed E-state index contributed by atoms with van der Waals surface area (Å²) in [5.41, 5.74) is 0.802. The van der Waals surface area contributed by atoms with Crippen molar-refractivity contribution in [1.29, 1.82) is 0 Å².